The van der Waals surface area contributed by atoms with Crippen LogP contribution in [-0.2, 0) is 11.8 Å². The number of pyridine rings is 1. The number of hydrogen-bond donors (Lipinski definition) is 2. The molecule has 0 atom stereocenters. The number of carbonyl (C=O) groups excluding carboxylic acids is 2. The number of anilines is 1. The van der Waals surface area contributed by atoms with Gasteiger partial charge in [-0.2, -0.15) is 5.10 Å². The highest BCUT2D eigenvalue weighted by atomic mass is 16.5. The monoisotopic (exact) mass is 339 g/mol. The lowest BCUT2D eigenvalue weighted by Gasteiger charge is -2.07. The molecule has 128 valence electrons. The van der Waals surface area contributed by atoms with Crippen LogP contribution in [0.5, 0.6) is 5.75 Å². The third-order valence-corrected chi connectivity index (χ3v) is 3.62. The van der Waals surface area contributed by atoms with E-state index in [1.54, 1.807) is 35.0 Å². The molecule has 0 bridgehead atoms. The molecule has 0 aliphatic heterocycles. The quantitative estimate of drug-likeness (QED) is 0.729. The second-order valence-electron chi connectivity index (χ2n) is 5.54. The minimum atomic E-state index is -0.550. The summed E-state index contributed by atoms with van der Waals surface area (Å²) in [6.45, 7) is 1.68. The normalized spacial score (nSPS) is 10.6. The molecule has 0 aliphatic carbocycles. The van der Waals surface area contributed by atoms with Gasteiger partial charge in [-0.25, -0.2) is 4.98 Å². The molecule has 3 rings (SSSR count). The molecule has 0 aliphatic rings. The molecule has 0 saturated carbocycles. The Morgan fingerprint density at radius 1 is 1.28 bits per heavy atom. The Morgan fingerprint density at radius 2 is 2.00 bits per heavy atom. The van der Waals surface area contributed by atoms with Gasteiger partial charge in [-0.3, -0.25) is 14.3 Å². The van der Waals surface area contributed by atoms with E-state index in [0.717, 1.165) is 16.7 Å². The first kappa shape index (κ1) is 16.4. The lowest BCUT2D eigenvalue weighted by atomic mass is 10.2. The van der Waals surface area contributed by atoms with Gasteiger partial charge in [-0.05, 0) is 37.3 Å². The average Bonchev–Trinajstić information content (AvgIpc) is 2.88. The molecule has 25 heavy (non-hydrogen) atoms. The van der Waals surface area contributed by atoms with Crippen LogP contribution in [0.25, 0.3) is 11.0 Å². The van der Waals surface area contributed by atoms with Crippen LogP contribution in [0.4, 0.5) is 5.69 Å². The van der Waals surface area contributed by atoms with E-state index < -0.39 is 5.91 Å². The number of amides is 2. The van der Waals surface area contributed by atoms with Crippen LogP contribution < -0.4 is 15.8 Å². The van der Waals surface area contributed by atoms with Crippen molar-refractivity contribution in [1.29, 1.82) is 0 Å². The zero-order chi connectivity index (χ0) is 18.0. The molecule has 2 heterocycles. The summed E-state index contributed by atoms with van der Waals surface area (Å²) >= 11 is 0. The number of hydrogen-bond acceptors (Lipinski definition) is 5. The largest absolute Gasteiger partial charge is 0.484 e. The second-order valence-corrected chi connectivity index (χ2v) is 5.54. The molecule has 8 heteroatoms. The number of primary amides is 1. The number of rotatable bonds is 5. The number of fused-ring (bicyclic) bond motifs is 1. The van der Waals surface area contributed by atoms with E-state index in [9.17, 15) is 9.59 Å². The number of aryl methyl sites for hydroxylation is 2. The number of carbonyl (C=O) groups is 2. The summed E-state index contributed by atoms with van der Waals surface area (Å²) in [5, 5.41) is 7.92. The van der Waals surface area contributed by atoms with Gasteiger partial charge in [0.25, 0.3) is 11.8 Å². The predicted octanol–water partition coefficient (Wildman–Crippen LogP) is 1.39. The van der Waals surface area contributed by atoms with Crippen LogP contribution in [0, 0.1) is 6.92 Å². The van der Waals surface area contributed by atoms with E-state index in [0.29, 0.717) is 17.0 Å². The standard InChI is InChI=1S/C17H17N5O3/c1-10-14-7-11(8-19-16(14)22(2)21-10)17(24)20-12-3-5-13(6-4-12)25-9-15(18)23/h3-8H,9H2,1-2H3,(H2,18,23)(H,20,24). The van der Waals surface area contributed by atoms with Crippen LogP contribution in [0.1, 0.15) is 16.1 Å². The van der Waals surface area contributed by atoms with Gasteiger partial charge >= 0.3 is 0 Å². The highest BCUT2D eigenvalue weighted by Crippen LogP contribution is 2.19. The number of nitrogens with two attached hydrogens (primary N) is 1. The topological polar surface area (TPSA) is 112 Å². The van der Waals surface area contributed by atoms with Gasteiger partial charge < -0.3 is 15.8 Å². The van der Waals surface area contributed by atoms with Crippen LogP contribution in [0.2, 0.25) is 0 Å². The number of nitrogens with zero attached hydrogens (tertiary/aromatic N) is 3. The molecule has 8 nitrogen and oxygen atoms in total. The number of aromatic nitrogens is 3. The molecular weight excluding hydrogens is 322 g/mol. The van der Waals surface area contributed by atoms with Crippen molar-refractivity contribution in [3.05, 3.63) is 47.8 Å². The fourth-order valence-electron chi connectivity index (χ4n) is 2.42. The summed E-state index contributed by atoms with van der Waals surface area (Å²) in [5.74, 6) is -0.333. The van der Waals surface area contributed by atoms with E-state index in [1.807, 2.05) is 14.0 Å². The van der Waals surface area contributed by atoms with Crippen LogP contribution in [0.3, 0.4) is 0 Å². The van der Waals surface area contributed by atoms with Crippen LogP contribution >= 0.6 is 0 Å². The zero-order valence-electron chi connectivity index (χ0n) is 13.8. The molecule has 0 unspecified atom stereocenters. The van der Waals surface area contributed by atoms with Crippen molar-refractivity contribution in [2.24, 2.45) is 12.8 Å². The molecule has 1 aromatic carbocycles. The van der Waals surface area contributed by atoms with Crippen molar-refractivity contribution in [3.63, 3.8) is 0 Å². The van der Waals surface area contributed by atoms with E-state index in [4.69, 9.17) is 10.5 Å². The third-order valence-electron chi connectivity index (χ3n) is 3.62. The highest BCUT2D eigenvalue weighted by molar-refractivity contribution is 6.05. The van der Waals surface area contributed by atoms with E-state index in [-0.39, 0.29) is 12.5 Å². The highest BCUT2D eigenvalue weighted by Gasteiger charge is 2.12. The molecule has 3 aromatic rings. The van der Waals surface area contributed by atoms with Crippen molar-refractivity contribution in [2.75, 3.05) is 11.9 Å². The maximum absolute atomic E-state index is 12.4. The van der Waals surface area contributed by atoms with Crippen LogP contribution in [-0.4, -0.2) is 33.2 Å². The van der Waals surface area contributed by atoms with Gasteiger partial charge in [0.05, 0.1) is 11.3 Å². The van der Waals surface area contributed by atoms with Gasteiger partial charge in [0.15, 0.2) is 12.3 Å². The minimum absolute atomic E-state index is 0.193. The van der Waals surface area contributed by atoms with Gasteiger partial charge in [0.2, 0.25) is 0 Å². The SMILES string of the molecule is Cc1nn(C)c2ncc(C(=O)Nc3ccc(OCC(N)=O)cc3)cc12. The molecule has 0 saturated heterocycles. The molecule has 2 aromatic heterocycles. The molecular formula is C17H17N5O3. The first-order valence-electron chi connectivity index (χ1n) is 7.56. The Balaban J connectivity index is 1.73. The van der Waals surface area contributed by atoms with Crippen molar-refractivity contribution in [3.8, 4) is 5.75 Å². The van der Waals surface area contributed by atoms with E-state index in [2.05, 4.69) is 15.4 Å². The van der Waals surface area contributed by atoms with E-state index >= 15 is 0 Å². The molecule has 0 fully saturated rings. The molecule has 0 spiro atoms. The first-order valence-corrected chi connectivity index (χ1v) is 7.56. The third kappa shape index (κ3) is 3.57. The number of benzene rings is 1. The van der Waals surface area contributed by atoms with Gasteiger partial charge in [-0.15, -0.1) is 0 Å². The maximum atomic E-state index is 12.4. The minimum Gasteiger partial charge on any atom is -0.484 e. The molecule has 0 radical (unpaired) electrons. The van der Waals surface area contributed by atoms with Gasteiger partial charge in [-0.1, -0.05) is 0 Å². The summed E-state index contributed by atoms with van der Waals surface area (Å²) in [6.07, 6.45) is 1.52. The fraction of sp³-hybridized carbons (Fsp3) is 0.176. The summed E-state index contributed by atoms with van der Waals surface area (Å²) < 4.78 is 6.85. The number of ether oxygens (including phenoxy) is 1. The van der Waals surface area contributed by atoms with Crippen molar-refractivity contribution in [1.82, 2.24) is 14.8 Å². The Hall–Kier alpha value is -3.42. The first-order chi connectivity index (χ1) is 11.9. The lowest BCUT2D eigenvalue weighted by Crippen LogP contribution is -2.20. The number of nitrogens with one attached hydrogen (secondary N) is 1. The van der Waals surface area contributed by atoms with Crippen molar-refractivity contribution in [2.45, 2.75) is 6.92 Å². The van der Waals surface area contributed by atoms with Crippen molar-refractivity contribution < 1.29 is 14.3 Å². The summed E-state index contributed by atoms with van der Waals surface area (Å²) in [5.41, 5.74) is 7.60. The maximum Gasteiger partial charge on any atom is 0.257 e. The summed E-state index contributed by atoms with van der Waals surface area (Å²) in [7, 11) is 1.81. The average molecular weight is 339 g/mol. The summed E-state index contributed by atoms with van der Waals surface area (Å²) in [4.78, 5) is 27.4. The van der Waals surface area contributed by atoms with E-state index in [1.165, 1.54) is 6.20 Å². The van der Waals surface area contributed by atoms with Gasteiger partial charge in [0, 0.05) is 24.3 Å². The van der Waals surface area contributed by atoms with Gasteiger partial charge in [0.1, 0.15) is 5.75 Å². The Morgan fingerprint density at radius 3 is 2.68 bits per heavy atom. The van der Waals surface area contributed by atoms with Crippen molar-refractivity contribution >= 4 is 28.5 Å². The fourth-order valence-corrected chi connectivity index (χ4v) is 2.42. The zero-order valence-corrected chi connectivity index (χ0v) is 13.8. The Bertz CT molecular complexity index is 947. The van der Waals surface area contributed by atoms with Crippen LogP contribution in [0.15, 0.2) is 36.5 Å². The predicted molar refractivity (Wildman–Crippen MR) is 92.3 cm³/mol. The molecule has 3 N–H and O–H groups in total. The second kappa shape index (κ2) is 6.60. The Kier molecular flexibility index (Phi) is 4.34. The Labute approximate surface area is 143 Å². The molecule has 2 amide bonds. The smallest absolute Gasteiger partial charge is 0.257 e. The summed E-state index contributed by atoms with van der Waals surface area (Å²) in [6, 6.07) is 8.41. The lowest BCUT2D eigenvalue weighted by molar-refractivity contribution is -0.119.